The SMILES string of the molecule is O=C(NNc1ccccc1[N+](=O)[O-])c1cccc(S(=O)(=O)NCc2ccccc2)c1. The van der Waals surface area contributed by atoms with Gasteiger partial charge in [0.05, 0.1) is 9.82 Å². The molecular formula is C20H18N4O5S. The molecule has 3 N–H and O–H groups in total. The van der Waals surface area contributed by atoms with Gasteiger partial charge in [-0.25, -0.2) is 13.1 Å². The first-order chi connectivity index (χ1) is 14.4. The average molecular weight is 426 g/mol. The fourth-order valence-electron chi connectivity index (χ4n) is 2.60. The molecule has 0 spiro atoms. The number of carbonyl (C=O) groups excluding carboxylic acids is 1. The van der Waals surface area contributed by atoms with E-state index in [-0.39, 0.29) is 28.4 Å². The number of benzene rings is 3. The molecule has 0 aliphatic heterocycles. The molecule has 0 fully saturated rings. The van der Waals surface area contributed by atoms with Crippen molar-refractivity contribution in [3.05, 3.63) is 100 Å². The number of anilines is 1. The Bertz CT molecular complexity index is 1170. The third kappa shape index (κ3) is 5.19. The number of para-hydroxylation sites is 2. The van der Waals surface area contributed by atoms with Crippen molar-refractivity contribution in [2.75, 3.05) is 5.43 Å². The topological polar surface area (TPSA) is 130 Å². The molecule has 3 rings (SSSR count). The van der Waals surface area contributed by atoms with E-state index in [1.54, 1.807) is 30.3 Å². The Morgan fingerprint density at radius 3 is 2.37 bits per heavy atom. The summed E-state index contributed by atoms with van der Waals surface area (Å²) in [5.41, 5.74) is 5.59. The highest BCUT2D eigenvalue weighted by Gasteiger charge is 2.17. The van der Waals surface area contributed by atoms with Gasteiger partial charge in [-0.2, -0.15) is 0 Å². The lowest BCUT2D eigenvalue weighted by atomic mass is 10.2. The molecule has 154 valence electrons. The van der Waals surface area contributed by atoms with Gasteiger partial charge < -0.3 is 0 Å². The van der Waals surface area contributed by atoms with Crippen molar-refractivity contribution in [1.82, 2.24) is 10.1 Å². The Balaban J connectivity index is 1.70. The van der Waals surface area contributed by atoms with Crippen LogP contribution in [0.5, 0.6) is 0 Å². The minimum absolute atomic E-state index is 0.0724. The third-order valence-corrected chi connectivity index (χ3v) is 5.53. The van der Waals surface area contributed by atoms with Crippen LogP contribution in [-0.2, 0) is 16.6 Å². The first kappa shape index (κ1) is 21.0. The Morgan fingerprint density at radius 1 is 0.933 bits per heavy atom. The Kier molecular flexibility index (Phi) is 6.40. The van der Waals surface area contributed by atoms with Gasteiger partial charge in [0.1, 0.15) is 5.69 Å². The number of sulfonamides is 1. The quantitative estimate of drug-likeness (QED) is 0.375. The predicted molar refractivity (Wildman–Crippen MR) is 111 cm³/mol. The van der Waals surface area contributed by atoms with Gasteiger partial charge in [-0.15, -0.1) is 0 Å². The maximum Gasteiger partial charge on any atom is 0.294 e. The van der Waals surface area contributed by atoms with Gasteiger partial charge in [-0.1, -0.05) is 48.5 Å². The highest BCUT2D eigenvalue weighted by atomic mass is 32.2. The van der Waals surface area contributed by atoms with Crippen LogP contribution in [0.25, 0.3) is 0 Å². The second-order valence-electron chi connectivity index (χ2n) is 6.19. The summed E-state index contributed by atoms with van der Waals surface area (Å²) in [6.07, 6.45) is 0. The van der Waals surface area contributed by atoms with Crippen molar-refractivity contribution in [3.8, 4) is 0 Å². The second kappa shape index (κ2) is 9.16. The average Bonchev–Trinajstić information content (AvgIpc) is 2.77. The maximum atomic E-state index is 12.5. The van der Waals surface area contributed by atoms with E-state index < -0.39 is 20.9 Å². The molecule has 0 aromatic heterocycles. The van der Waals surface area contributed by atoms with Gasteiger partial charge in [0.2, 0.25) is 10.0 Å². The molecule has 9 nitrogen and oxygen atoms in total. The van der Waals surface area contributed by atoms with Gasteiger partial charge in [0.25, 0.3) is 11.6 Å². The Labute approximate surface area is 172 Å². The third-order valence-electron chi connectivity index (χ3n) is 4.13. The van der Waals surface area contributed by atoms with E-state index in [0.717, 1.165) is 5.56 Å². The number of nitro benzene ring substituents is 1. The molecule has 3 aromatic carbocycles. The van der Waals surface area contributed by atoms with Gasteiger partial charge in [0, 0.05) is 18.2 Å². The van der Waals surface area contributed by atoms with Gasteiger partial charge in [-0.05, 0) is 29.8 Å². The van der Waals surface area contributed by atoms with E-state index in [2.05, 4.69) is 15.6 Å². The molecule has 0 saturated heterocycles. The van der Waals surface area contributed by atoms with Gasteiger partial charge in [0.15, 0.2) is 0 Å². The van der Waals surface area contributed by atoms with Crippen molar-refractivity contribution in [2.45, 2.75) is 11.4 Å². The normalized spacial score (nSPS) is 10.9. The molecule has 0 bridgehead atoms. The van der Waals surface area contributed by atoms with Crippen LogP contribution in [0.2, 0.25) is 0 Å². The number of nitrogens with one attached hydrogen (secondary N) is 3. The number of nitro groups is 1. The summed E-state index contributed by atoms with van der Waals surface area (Å²) in [4.78, 5) is 22.8. The molecular weight excluding hydrogens is 408 g/mol. The number of hydrazine groups is 1. The molecule has 0 unspecified atom stereocenters. The number of rotatable bonds is 8. The van der Waals surface area contributed by atoms with Crippen LogP contribution >= 0.6 is 0 Å². The van der Waals surface area contributed by atoms with Crippen molar-refractivity contribution >= 4 is 27.3 Å². The summed E-state index contributed by atoms with van der Waals surface area (Å²) in [6, 6.07) is 20.3. The molecule has 0 aliphatic carbocycles. The van der Waals surface area contributed by atoms with Crippen molar-refractivity contribution in [1.29, 1.82) is 0 Å². The van der Waals surface area contributed by atoms with E-state index in [1.165, 1.54) is 42.5 Å². The molecule has 3 aromatic rings. The summed E-state index contributed by atoms with van der Waals surface area (Å²) < 4.78 is 27.6. The van der Waals surface area contributed by atoms with Crippen LogP contribution < -0.4 is 15.6 Å². The van der Waals surface area contributed by atoms with Crippen molar-refractivity contribution in [3.63, 3.8) is 0 Å². The summed E-state index contributed by atoms with van der Waals surface area (Å²) in [7, 11) is -3.84. The second-order valence-corrected chi connectivity index (χ2v) is 7.96. The number of carbonyl (C=O) groups is 1. The lowest BCUT2D eigenvalue weighted by Crippen LogP contribution is -2.30. The smallest absolute Gasteiger partial charge is 0.292 e. The van der Waals surface area contributed by atoms with E-state index >= 15 is 0 Å². The first-order valence-corrected chi connectivity index (χ1v) is 10.3. The van der Waals surface area contributed by atoms with E-state index in [9.17, 15) is 23.3 Å². The van der Waals surface area contributed by atoms with Crippen LogP contribution in [0.1, 0.15) is 15.9 Å². The summed E-state index contributed by atoms with van der Waals surface area (Å²) >= 11 is 0. The lowest BCUT2D eigenvalue weighted by Gasteiger charge is -2.10. The lowest BCUT2D eigenvalue weighted by molar-refractivity contribution is -0.384. The predicted octanol–water partition coefficient (Wildman–Crippen LogP) is 2.83. The monoisotopic (exact) mass is 426 g/mol. The van der Waals surface area contributed by atoms with Crippen molar-refractivity contribution in [2.24, 2.45) is 0 Å². The number of hydrogen-bond acceptors (Lipinski definition) is 6. The van der Waals surface area contributed by atoms with Gasteiger partial charge >= 0.3 is 0 Å². The van der Waals surface area contributed by atoms with E-state index in [0.29, 0.717) is 0 Å². The highest BCUT2D eigenvalue weighted by Crippen LogP contribution is 2.22. The van der Waals surface area contributed by atoms with Gasteiger partial charge in [-0.3, -0.25) is 25.8 Å². The summed E-state index contributed by atoms with van der Waals surface area (Å²) in [5, 5.41) is 11.0. The van der Waals surface area contributed by atoms with Crippen molar-refractivity contribution < 1.29 is 18.1 Å². The molecule has 0 saturated carbocycles. The van der Waals surface area contributed by atoms with Crippen LogP contribution in [0, 0.1) is 10.1 Å². The maximum absolute atomic E-state index is 12.5. The minimum atomic E-state index is -3.84. The van der Waals surface area contributed by atoms with E-state index in [1.807, 2.05) is 6.07 Å². The van der Waals surface area contributed by atoms with Crippen LogP contribution in [0.4, 0.5) is 11.4 Å². The van der Waals surface area contributed by atoms with Crippen LogP contribution in [0.15, 0.2) is 83.8 Å². The van der Waals surface area contributed by atoms with E-state index in [4.69, 9.17) is 0 Å². The molecule has 0 heterocycles. The summed E-state index contributed by atoms with van der Waals surface area (Å²) in [6.45, 7) is 0.110. The Hall–Kier alpha value is -3.76. The molecule has 0 aliphatic rings. The van der Waals surface area contributed by atoms with Crippen LogP contribution in [-0.4, -0.2) is 19.2 Å². The zero-order chi connectivity index (χ0) is 21.6. The molecule has 10 heteroatoms. The van der Waals surface area contributed by atoms with Crippen LogP contribution in [0.3, 0.4) is 0 Å². The molecule has 30 heavy (non-hydrogen) atoms. The number of amides is 1. The fraction of sp³-hybridized carbons (Fsp3) is 0.0500. The Morgan fingerprint density at radius 2 is 1.63 bits per heavy atom. The fourth-order valence-corrected chi connectivity index (χ4v) is 3.66. The zero-order valence-corrected chi connectivity index (χ0v) is 16.4. The molecule has 1 amide bonds. The number of nitrogens with zero attached hydrogens (tertiary/aromatic N) is 1. The highest BCUT2D eigenvalue weighted by molar-refractivity contribution is 7.89. The zero-order valence-electron chi connectivity index (χ0n) is 15.6. The minimum Gasteiger partial charge on any atom is -0.292 e. The first-order valence-electron chi connectivity index (χ1n) is 8.80. The summed E-state index contributed by atoms with van der Waals surface area (Å²) in [5.74, 6) is -0.645. The standard InChI is InChI=1S/C20H18N4O5S/c25-20(23-22-18-11-4-5-12-19(18)24(26)27)16-9-6-10-17(13-16)30(28,29)21-14-15-7-2-1-3-8-15/h1-13,21-22H,14H2,(H,23,25). The molecule has 0 radical (unpaired) electrons. The largest absolute Gasteiger partial charge is 0.294 e. The number of hydrogen-bond donors (Lipinski definition) is 3. The molecule has 0 atom stereocenters.